The number of hydrogen-bond donors (Lipinski definition) is 2. The monoisotopic (exact) mass is 181 g/mol. The first kappa shape index (κ1) is 8.51. The van der Waals surface area contributed by atoms with Gasteiger partial charge in [0, 0.05) is 18.7 Å². The van der Waals surface area contributed by atoms with Crippen molar-refractivity contribution < 1.29 is 9.50 Å². The molecule has 0 aliphatic carbocycles. The average molecular weight is 181 g/mol. The molecule has 0 saturated heterocycles. The van der Waals surface area contributed by atoms with E-state index in [0.717, 1.165) is 16.8 Å². The lowest BCUT2D eigenvalue weighted by atomic mass is 9.97. The Balaban J connectivity index is 2.47. The molecule has 1 heterocycles. The average Bonchev–Trinajstić information content (AvgIpc) is 2.06. The van der Waals surface area contributed by atoms with Gasteiger partial charge in [-0.25, -0.2) is 4.39 Å². The fourth-order valence-electron chi connectivity index (χ4n) is 1.74. The van der Waals surface area contributed by atoms with E-state index in [1.54, 1.807) is 0 Å². The van der Waals surface area contributed by atoms with Crippen LogP contribution in [0.3, 0.4) is 0 Å². The number of rotatable bonds is 0. The third-order valence-electron chi connectivity index (χ3n) is 2.41. The van der Waals surface area contributed by atoms with Gasteiger partial charge in [0.05, 0.1) is 6.10 Å². The number of aliphatic hydroxyl groups excluding tert-OH is 1. The highest BCUT2D eigenvalue weighted by atomic mass is 19.1. The number of fused-ring (bicyclic) bond motifs is 1. The van der Waals surface area contributed by atoms with Crippen molar-refractivity contribution in [1.82, 2.24) is 0 Å². The Kier molecular flexibility index (Phi) is 1.96. The molecule has 3 heteroatoms. The zero-order valence-electron chi connectivity index (χ0n) is 7.47. The van der Waals surface area contributed by atoms with Gasteiger partial charge < -0.3 is 10.4 Å². The van der Waals surface area contributed by atoms with Crippen LogP contribution in [0.1, 0.15) is 11.1 Å². The van der Waals surface area contributed by atoms with Crippen LogP contribution in [0.2, 0.25) is 0 Å². The van der Waals surface area contributed by atoms with Crippen molar-refractivity contribution >= 4 is 5.69 Å². The summed E-state index contributed by atoms with van der Waals surface area (Å²) in [6, 6.07) is 2.98. The number of anilines is 1. The smallest absolute Gasteiger partial charge is 0.125 e. The van der Waals surface area contributed by atoms with Gasteiger partial charge in [-0.05, 0) is 30.2 Å². The van der Waals surface area contributed by atoms with Crippen LogP contribution in [0, 0.1) is 12.7 Å². The van der Waals surface area contributed by atoms with Gasteiger partial charge in [0.25, 0.3) is 0 Å². The molecule has 1 aliphatic heterocycles. The second-order valence-electron chi connectivity index (χ2n) is 3.49. The molecule has 0 spiro atoms. The highest BCUT2D eigenvalue weighted by Gasteiger charge is 2.18. The summed E-state index contributed by atoms with van der Waals surface area (Å²) in [6.07, 6.45) is 0.269. The molecule has 1 aromatic rings. The Hall–Kier alpha value is -1.09. The van der Waals surface area contributed by atoms with Crippen LogP contribution < -0.4 is 5.32 Å². The van der Waals surface area contributed by atoms with Gasteiger partial charge in [0.2, 0.25) is 0 Å². The van der Waals surface area contributed by atoms with Crippen LogP contribution in [0.4, 0.5) is 10.1 Å². The van der Waals surface area contributed by atoms with Crippen molar-refractivity contribution in [2.45, 2.75) is 19.4 Å². The second-order valence-corrected chi connectivity index (χ2v) is 3.49. The van der Waals surface area contributed by atoms with E-state index in [2.05, 4.69) is 5.32 Å². The van der Waals surface area contributed by atoms with Crippen molar-refractivity contribution in [3.05, 3.63) is 29.1 Å². The molecular weight excluding hydrogens is 169 g/mol. The summed E-state index contributed by atoms with van der Waals surface area (Å²) in [5.74, 6) is -0.222. The van der Waals surface area contributed by atoms with Crippen LogP contribution in [0.5, 0.6) is 0 Å². The second kappa shape index (κ2) is 3.00. The molecule has 1 atom stereocenters. The first-order chi connectivity index (χ1) is 6.16. The van der Waals surface area contributed by atoms with Gasteiger partial charge in [-0.3, -0.25) is 0 Å². The summed E-state index contributed by atoms with van der Waals surface area (Å²) in [5.41, 5.74) is 2.75. The van der Waals surface area contributed by atoms with E-state index in [0.29, 0.717) is 13.0 Å². The number of aryl methyl sites for hydroxylation is 1. The highest BCUT2D eigenvalue weighted by molar-refractivity contribution is 5.57. The zero-order chi connectivity index (χ0) is 9.42. The zero-order valence-corrected chi connectivity index (χ0v) is 7.47. The predicted octanol–water partition coefficient (Wildman–Crippen LogP) is 1.46. The maximum absolute atomic E-state index is 13.0. The van der Waals surface area contributed by atoms with E-state index < -0.39 is 0 Å². The molecule has 0 radical (unpaired) electrons. The summed E-state index contributed by atoms with van der Waals surface area (Å²) in [5, 5.41) is 12.4. The predicted molar refractivity (Wildman–Crippen MR) is 49.3 cm³/mol. The summed E-state index contributed by atoms with van der Waals surface area (Å²) in [7, 11) is 0. The highest BCUT2D eigenvalue weighted by Crippen LogP contribution is 2.26. The first-order valence-corrected chi connectivity index (χ1v) is 4.38. The van der Waals surface area contributed by atoms with Gasteiger partial charge in [0.15, 0.2) is 0 Å². The molecule has 0 amide bonds. The van der Waals surface area contributed by atoms with E-state index in [1.807, 2.05) is 6.92 Å². The molecule has 1 unspecified atom stereocenters. The molecule has 13 heavy (non-hydrogen) atoms. The van der Waals surface area contributed by atoms with Crippen LogP contribution >= 0.6 is 0 Å². The summed E-state index contributed by atoms with van der Waals surface area (Å²) < 4.78 is 13.0. The fourth-order valence-corrected chi connectivity index (χ4v) is 1.74. The summed E-state index contributed by atoms with van der Waals surface area (Å²) >= 11 is 0. The summed E-state index contributed by atoms with van der Waals surface area (Å²) in [4.78, 5) is 0. The normalized spacial score (nSPS) is 20.7. The minimum absolute atomic E-state index is 0.222. The number of aliphatic hydroxyl groups is 1. The topological polar surface area (TPSA) is 32.3 Å². The Bertz CT molecular complexity index is 338. The van der Waals surface area contributed by atoms with Crippen LogP contribution in [0.15, 0.2) is 12.1 Å². The Morgan fingerprint density at radius 3 is 3.08 bits per heavy atom. The molecule has 1 aromatic carbocycles. The number of halogens is 1. The van der Waals surface area contributed by atoms with E-state index in [1.165, 1.54) is 12.1 Å². The largest absolute Gasteiger partial charge is 0.391 e. The SMILES string of the molecule is Cc1cc(F)cc2c1CC(O)CN2. The van der Waals surface area contributed by atoms with Crippen molar-refractivity contribution in [1.29, 1.82) is 0 Å². The molecular formula is C10H12FNO. The lowest BCUT2D eigenvalue weighted by Gasteiger charge is -2.24. The number of benzene rings is 1. The molecule has 2 N–H and O–H groups in total. The van der Waals surface area contributed by atoms with Gasteiger partial charge in [-0.2, -0.15) is 0 Å². The third kappa shape index (κ3) is 1.52. The molecule has 2 nitrogen and oxygen atoms in total. The molecule has 1 aliphatic rings. The number of hydrogen-bond acceptors (Lipinski definition) is 2. The van der Waals surface area contributed by atoms with E-state index in [-0.39, 0.29) is 11.9 Å². The van der Waals surface area contributed by atoms with Crippen molar-refractivity contribution in [3.63, 3.8) is 0 Å². The Morgan fingerprint density at radius 2 is 2.31 bits per heavy atom. The summed E-state index contributed by atoms with van der Waals surface area (Å²) in [6.45, 7) is 2.37. The van der Waals surface area contributed by atoms with Crippen molar-refractivity contribution in [2.24, 2.45) is 0 Å². The lowest BCUT2D eigenvalue weighted by molar-refractivity contribution is 0.184. The minimum atomic E-state index is -0.350. The van der Waals surface area contributed by atoms with Gasteiger partial charge in [-0.15, -0.1) is 0 Å². The van der Waals surface area contributed by atoms with Crippen molar-refractivity contribution in [3.8, 4) is 0 Å². The van der Waals surface area contributed by atoms with Gasteiger partial charge in [0.1, 0.15) is 5.82 Å². The van der Waals surface area contributed by atoms with E-state index >= 15 is 0 Å². The molecule has 2 rings (SSSR count). The standard InChI is InChI=1S/C10H12FNO/c1-6-2-7(11)3-10-9(6)4-8(13)5-12-10/h2-3,8,12-13H,4-5H2,1H3. The quantitative estimate of drug-likeness (QED) is 0.635. The molecule has 0 aromatic heterocycles. The fraction of sp³-hybridized carbons (Fsp3) is 0.400. The lowest BCUT2D eigenvalue weighted by Crippen LogP contribution is -2.28. The van der Waals surface area contributed by atoms with E-state index in [9.17, 15) is 9.50 Å². The molecule has 0 fully saturated rings. The Morgan fingerprint density at radius 1 is 1.54 bits per heavy atom. The Labute approximate surface area is 76.4 Å². The molecule has 0 bridgehead atoms. The van der Waals surface area contributed by atoms with Crippen LogP contribution in [0.25, 0.3) is 0 Å². The minimum Gasteiger partial charge on any atom is -0.391 e. The molecule has 0 saturated carbocycles. The van der Waals surface area contributed by atoms with Gasteiger partial charge >= 0.3 is 0 Å². The van der Waals surface area contributed by atoms with Crippen molar-refractivity contribution in [2.75, 3.05) is 11.9 Å². The third-order valence-corrected chi connectivity index (χ3v) is 2.41. The number of nitrogens with one attached hydrogen (secondary N) is 1. The van der Waals surface area contributed by atoms with E-state index in [4.69, 9.17) is 0 Å². The van der Waals surface area contributed by atoms with Gasteiger partial charge in [-0.1, -0.05) is 0 Å². The maximum Gasteiger partial charge on any atom is 0.125 e. The molecule has 70 valence electrons. The first-order valence-electron chi connectivity index (χ1n) is 4.38. The maximum atomic E-state index is 13.0. The number of β-amino-alcohol motifs (C(OH)–C–C–N with tert-alkyl or cyclic N) is 1. The van der Waals surface area contributed by atoms with Crippen LogP contribution in [-0.2, 0) is 6.42 Å². The van der Waals surface area contributed by atoms with Crippen LogP contribution in [-0.4, -0.2) is 17.8 Å².